The third kappa shape index (κ3) is 5.88. The monoisotopic (exact) mass is 510 g/mol. The van der Waals surface area contributed by atoms with Gasteiger partial charge in [0.2, 0.25) is 0 Å². The zero-order valence-corrected chi connectivity index (χ0v) is 23.5. The fraction of sp³-hybridized carbons (Fsp3) is 0.625. The Morgan fingerprint density at radius 2 is 2.03 bits per heavy atom. The third-order valence-corrected chi connectivity index (χ3v) is 10.7. The number of rotatable bonds is 7. The van der Waals surface area contributed by atoms with Crippen molar-refractivity contribution in [1.82, 2.24) is 0 Å². The molecule has 0 aromatic heterocycles. The van der Waals surface area contributed by atoms with Gasteiger partial charge in [0.05, 0.1) is 18.3 Å². The van der Waals surface area contributed by atoms with Gasteiger partial charge in [0, 0.05) is 16.6 Å². The van der Waals surface area contributed by atoms with Crippen molar-refractivity contribution in [1.29, 1.82) is 0 Å². The van der Waals surface area contributed by atoms with E-state index >= 15 is 0 Å². The first-order chi connectivity index (χ1) is 17.0. The van der Waals surface area contributed by atoms with Gasteiger partial charge in [0.25, 0.3) is 0 Å². The molecule has 1 aromatic rings. The summed E-state index contributed by atoms with van der Waals surface area (Å²) in [6.07, 6.45) is 11.7. The van der Waals surface area contributed by atoms with E-state index in [1.165, 1.54) is 37.0 Å². The summed E-state index contributed by atoms with van der Waals surface area (Å²) >= 11 is 1.93. The summed E-state index contributed by atoms with van der Waals surface area (Å²) in [5.74, 6) is 3.06. The van der Waals surface area contributed by atoms with E-state index in [1.54, 1.807) is 5.57 Å². The lowest BCUT2D eigenvalue weighted by Crippen LogP contribution is -2.36. The van der Waals surface area contributed by atoms with Gasteiger partial charge in [-0.25, -0.2) is 0 Å². The average molecular weight is 511 g/mol. The van der Waals surface area contributed by atoms with E-state index in [0.717, 1.165) is 22.5 Å². The van der Waals surface area contributed by atoms with Crippen molar-refractivity contribution in [3.63, 3.8) is 0 Å². The Kier molecular flexibility index (Phi) is 8.61. The summed E-state index contributed by atoms with van der Waals surface area (Å²) in [5.41, 5.74) is 4.19. The number of hydrogen-bond acceptors (Lipinski definition) is 4. The van der Waals surface area contributed by atoms with Crippen LogP contribution in [0.4, 0.5) is 0 Å². The zero-order valence-electron chi connectivity index (χ0n) is 22.7. The Morgan fingerprint density at radius 1 is 1.25 bits per heavy atom. The molecule has 2 unspecified atom stereocenters. The number of thioether (sulfide) groups is 1. The van der Waals surface area contributed by atoms with Gasteiger partial charge >= 0.3 is 0 Å². The van der Waals surface area contributed by atoms with Gasteiger partial charge in [-0.3, -0.25) is 0 Å². The Bertz CT molecular complexity index is 1000. The van der Waals surface area contributed by atoms with Crippen LogP contribution in [0.2, 0.25) is 0 Å². The zero-order chi connectivity index (χ0) is 26.1. The minimum absolute atomic E-state index is 0.0200. The van der Waals surface area contributed by atoms with Crippen molar-refractivity contribution in [2.45, 2.75) is 89.2 Å². The molecule has 198 valence electrons. The van der Waals surface area contributed by atoms with Crippen LogP contribution in [-0.2, 0) is 5.60 Å². The molecule has 3 fully saturated rings. The molecule has 1 aromatic carbocycles. The van der Waals surface area contributed by atoms with Crippen LogP contribution in [0.5, 0.6) is 0 Å². The first-order valence-electron chi connectivity index (χ1n) is 13.9. The quantitative estimate of drug-likeness (QED) is 0.345. The van der Waals surface area contributed by atoms with Crippen LogP contribution in [0.25, 0.3) is 0 Å². The lowest BCUT2D eigenvalue weighted by atomic mass is 9.61. The van der Waals surface area contributed by atoms with E-state index in [0.29, 0.717) is 36.0 Å². The van der Waals surface area contributed by atoms with Crippen LogP contribution < -0.4 is 0 Å². The number of aliphatic hydroxyl groups excluding tert-OH is 2. The van der Waals surface area contributed by atoms with Gasteiger partial charge in [-0.05, 0) is 111 Å². The maximum absolute atomic E-state index is 10.4. The number of fused-ring (bicyclic) bond motifs is 1. The minimum atomic E-state index is -0.810. The van der Waals surface area contributed by atoms with Crippen molar-refractivity contribution in [2.75, 3.05) is 12.4 Å². The Labute approximate surface area is 222 Å². The second-order valence-electron chi connectivity index (χ2n) is 12.4. The largest absolute Gasteiger partial charge is 0.396 e. The van der Waals surface area contributed by atoms with E-state index in [1.807, 2.05) is 31.7 Å². The Morgan fingerprint density at radius 3 is 2.75 bits per heavy atom. The molecule has 4 rings (SSSR count). The predicted molar refractivity (Wildman–Crippen MR) is 151 cm³/mol. The topological polar surface area (TPSA) is 60.7 Å². The molecular formula is C32H46O3S. The van der Waals surface area contributed by atoms with Crippen LogP contribution in [0, 0.1) is 29.1 Å². The van der Waals surface area contributed by atoms with Crippen LogP contribution >= 0.6 is 11.8 Å². The highest BCUT2D eigenvalue weighted by Gasteiger charge is 2.50. The standard InChI is InChI=1S/C32H46O3S/c1-21(20-36-28-10-6-9-26(18-28)31(3,4)35)29-13-14-30-23(8-7-15-32(29,30)5)11-12-24-16-27(34)17-25(19-33)22(24)2/h6,9-12,18,21,25,27,29-30,33-35H,2,7-8,13-17,19-20H2,1,3-5H3/b23-11+,24-12-/t21?,25-,27-,29+,30?,32+/m0/s1. The SMILES string of the molecule is C=C1/C(=C\C=C2/CCC[C@@]3(C)C2CC[C@@H]3C(C)CSc2cccc(C(C)(C)O)c2)C[C@H](O)C[C@H]1CO. The number of allylic oxidation sites excluding steroid dienone is 3. The molecule has 0 aliphatic heterocycles. The van der Waals surface area contributed by atoms with E-state index in [-0.39, 0.29) is 18.6 Å². The lowest BCUT2D eigenvalue weighted by Gasteiger charge is -2.44. The molecule has 0 saturated heterocycles. The molecular weight excluding hydrogens is 464 g/mol. The van der Waals surface area contributed by atoms with Crippen molar-refractivity contribution < 1.29 is 15.3 Å². The van der Waals surface area contributed by atoms with Gasteiger partial charge < -0.3 is 15.3 Å². The molecule has 6 atom stereocenters. The molecule has 3 nitrogen and oxygen atoms in total. The normalized spacial score (nSPS) is 34.2. The molecule has 4 heteroatoms. The average Bonchev–Trinajstić information content (AvgIpc) is 3.20. The number of aliphatic hydroxyl groups is 3. The van der Waals surface area contributed by atoms with Crippen molar-refractivity contribution >= 4 is 11.8 Å². The third-order valence-electron chi connectivity index (χ3n) is 9.41. The van der Waals surface area contributed by atoms with E-state index in [4.69, 9.17) is 0 Å². The first-order valence-corrected chi connectivity index (χ1v) is 14.8. The van der Waals surface area contributed by atoms with Crippen molar-refractivity contribution in [3.8, 4) is 0 Å². The molecule has 0 amide bonds. The van der Waals surface area contributed by atoms with Crippen molar-refractivity contribution in [2.24, 2.45) is 29.1 Å². The molecule has 3 N–H and O–H groups in total. The fourth-order valence-corrected chi connectivity index (χ4v) is 8.37. The van der Waals surface area contributed by atoms with Gasteiger partial charge in [-0.1, -0.05) is 50.3 Å². The smallest absolute Gasteiger partial charge is 0.0840 e. The lowest BCUT2D eigenvalue weighted by molar-refractivity contribution is 0.0784. The summed E-state index contributed by atoms with van der Waals surface area (Å²) in [6, 6.07) is 8.37. The van der Waals surface area contributed by atoms with E-state index < -0.39 is 5.60 Å². The molecule has 0 radical (unpaired) electrons. The number of benzene rings is 1. The minimum Gasteiger partial charge on any atom is -0.396 e. The van der Waals surface area contributed by atoms with Crippen LogP contribution in [0.1, 0.15) is 78.2 Å². The molecule has 0 heterocycles. The van der Waals surface area contributed by atoms with Crippen LogP contribution in [0.15, 0.2) is 64.6 Å². The first kappa shape index (κ1) is 27.7. The summed E-state index contributed by atoms with van der Waals surface area (Å²) in [4.78, 5) is 1.24. The second kappa shape index (κ2) is 11.2. The van der Waals surface area contributed by atoms with Gasteiger partial charge in [0.15, 0.2) is 0 Å². The highest BCUT2D eigenvalue weighted by Crippen LogP contribution is 2.59. The Balaban J connectivity index is 1.45. The molecule has 0 spiro atoms. The molecule has 0 bridgehead atoms. The molecule has 36 heavy (non-hydrogen) atoms. The summed E-state index contributed by atoms with van der Waals surface area (Å²) in [7, 11) is 0. The maximum atomic E-state index is 10.4. The second-order valence-corrected chi connectivity index (χ2v) is 13.5. The van der Waals surface area contributed by atoms with Gasteiger partial charge in [0.1, 0.15) is 0 Å². The van der Waals surface area contributed by atoms with Crippen LogP contribution in [0.3, 0.4) is 0 Å². The van der Waals surface area contributed by atoms with E-state index in [2.05, 4.69) is 50.8 Å². The summed E-state index contributed by atoms with van der Waals surface area (Å²) in [5, 5.41) is 30.4. The van der Waals surface area contributed by atoms with E-state index in [9.17, 15) is 15.3 Å². The highest BCUT2D eigenvalue weighted by atomic mass is 32.2. The molecule has 3 aliphatic carbocycles. The fourth-order valence-electron chi connectivity index (χ4n) is 7.29. The predicted octanol–water partition coefficient (Wildman–Crippen LogP) is 7.03. The summed E-state index contributed by atoms with van der Waals surface area (Å²) in [6.45, 7) is 13.0. The van der Waals surface area contributed by atoms with Crippen LogP contribution in [-0.4, -0.2) is 33.8 Å². The van der Waals surface area contributed by atoms with Crippen molar-refractivity contribution in [3.05, 3.63) is 65.3 Å². The Hall–Kier alpha value is -1.33. The maximum Gasteiger partial charge on any atom is 0.0840 e. The highest BCUT2D eigenvalue weighted by molar-refractivity contribution is 7.99. The van der Waals surface area contributed by atoms with Gasteiger partial charge in [-0.15, -0.1) is 11.8 Å². The summed E-state index contributed by atoms with van der Waals surface area (Å²) < 4.78 is 0. The number of hydrogen-bond donors (Lipinski definition) is 3. The molecule has 3 aliphatic rings. The van der Waals surface area contributed by atoms with Gasteiger partial charge in [-0.2, -0.15) is 0 Å². The molecule has 3 saturated carbocycles.